The molecule has 1 saturated heterocycles. The van der Waals surface area contributed by atoms with Gasteiger partial charge < -0.3 is 16.0 Å². The Morgan fingerprint density at radius 2 is 2.07 bits per heavy atom. The molecule has 2 aromatic rings. The Morgan fingerprint density at radius 3 is 2.80 bits per heavy atom. The van der Waals surface area contributed by atoms with E-state index >= 15 is 0 Å². The highest BCUT2D eigenvalue weighted by atomic mass is 16.2. The topological polar surface area (TPSA) is 134 Å². The number of rotatable bonds is 6. The van der Waals surface area contributed by atoms with E-state index in [1.54, 1.807) is 29.9 Å². The van der Waals surface area contributed by atoms with Crippen molar-refractivity contribution in [2.24, 2.45) is 7.05 Å². The van der Waals surface area contributed by atoms with Crippen LogP contribution in [0.3, 0.4) is 0 Å². The van der Waals surface area contributed by atoms with Gasteiger partial charge in [0, 0.05) is 31.4 Å². The van der Waals surface area contributed by atoms with Gasteiger partial charge in [0.05, 0.1) is 0 Å². The zero-order valence-electron chi connectivity index (χ0n) is 16.7. The van der Waals surface area contributed by atoms with Crippen LogP contribution in [0.25, 0.3) is 11.4 Å². The standard InChI is InChI=1S/C19H24N8O3/c1-26-15(23-24-25-26)13-6-4-7-14(12-13)21-17(29)20-10-5-11-27-16(28)19(22-18(27)30)8-2-3-9-19/h4,6-7,12H,2-3,5,8-11H2,1H3,(H,22,30)(H2,20,21,29). The van der Waals surface area contributed by atoms with Crippen molar-refractivity contribution in [3.63, 3.8) is 0 Å². The van der Waals surface area contributed by atoms with Gasteiger partial charge in [-0.25, -0.2) is 14.3 Å². The first-order chi connectivity index (χ1) is 14.5. The Morgan fingerprint density at radius 1 is 1.27 bits per heavy atom. The van der Waals surface area contributed by atoms with Crippen LogP contribution in [0.5, 0.6) is 0 Å². The molecule has 1 aromatic carbocycles. The number of imide groups is 1. The Bertz CT molecular complexity index is 966. The van der Waals surface area contributed by atoms with Gasteiger partial charge in [-0.2, -0.15) is 0 Å². The molecular weight excluding hydrogens is 388 g/mol. The lowest BCUT2D eigenvalue weighted by molar-refractivity contribution is -0.131. The third-order valence-electron chi connectivity index (χ3n) is 5.55. The SMILES string of the molecule is Cn1nnnc1-c1cccc(NC(=O)NCCCN2C(=O)NC3(CCCC3)C2=O)c1. The lowest BCUT2D eigenvalue weighted by Crippen LogP contribution is -2.44. The average Bonchev–Trinajstić information content (AvgIpc) is 3.42. The number of carbonyl (C=O) groups is 3. The average molecular weight is 412 g/mol. The number of aromatic nitrogens is 4. The molecule has 0 atom stereocenters. The lowest BCUT2D eigenvalue weighted by atomic mass is 9.98. The third kappa shape index (κ3) is 3.82. The number of nitrogens with zero attached hydrogens (tertiary/aromatic N) is 5. The van der Waals surface area contributed by atoms with E-state index in [1.165, 1.54) is 4.90 Å². The maximum Gasteiger partial charge on any atom is 0.325 e. The minimum Gasteiger partial charge on any atom is -0.338 e. The molecule has 11 nitrogen and oxygen atoms in total. The molecule has 2 aliphatic rings. The minimum absolute atomic E-state index is 0.135. The first kappa shape index (κ1) is 19.8. The van der Waals surface area contributed by atoms with Crippen molar-refractivity contribution in [3.8, 4) is 11.4 Å². The Labute approximate surface area is 173 Å². The quantitative estimate of drug-likeness (QED) is 0.483. The molecule has 2 fully saturated rings. The Hall–Kier alpha value is -3.50. The molecule has 158 valence electrons. The number of hydrogen-bond acceptors (Lipinski definition) is 6. The van der Waals surface area contributed by atoms with E-state index in [9.17, 15) is 14.4 Å². The molecule has 1 spiro atoms. The first-order valence-electron chi connectivity index (χ1n) is 10.0. The summed E-state index contributed by atoms with van der Waals surface area (Å²) in [6, 6.07) is 6.50. The molecule has 11 heteroatoms. The van der Waals surface area contributed by atoms with Gasteiger partial charge >= 0.3 is 12.1 Å². The number of hydrogen-bond donors (Lipinski definition) is 3. The van der Waals surface area contributed by atoms with Crippen molar-refractivity contribution < 1.29 is 14.4 Å². The van der Waals surface area contributed by atoms with Crippen molar-refractivity contribution in [1.82, 2.24) is 35.7 Å². The number of benzene rings is 1. The van der Waals surface area contributed by atoms with Gasteiger partial charge in [-0.15, -0.1) is 5.10 Å². The third-order valence-corrected chi connectivity index (χ3v) is 5.55. The monoisotopic (exact) mass is 412 g/mol. The summed E-state index contributed by atoms with van der Waals surface area (Å²) in [5, 5.41) is 19.7. The van der Waals surface area contributed by atoms with E-state index < -0.39 is 5.54 Å². The second-order valence-corrected chi connectivity index (χ2v) is 7.62. The predicted octanol–water partition coefficient (Wildman–Crippen LogP) is 1.25. The molecule has 0 radical (unpaired) electrons. The summed E-state index contributed by atoms with van der Waals surface area (Å²) in [7, 11) is 1.74. The molecular formula is C19H24N8O3. The predicted molar refractivity (Wildman–Crippen MR) is 107 cm³/mol. The number of anilines is 1. The van der Waals surface area contributed by atoms with Crippen molar-refractivity contribution in [2.45, 2.75) is 37.6 Å². The van der Waals surface area contributed by atoms with E-state index in [0.29, 0.717) is 37.3 Å². The highest BCUT2D eigenvalue weighted by Crippen LogP contribution is 2.34. The summed E-state index contributed by atoms with van der Waals surface area (Å²) < 4.78 is 1.55. The molecule has 1 aromatic heterocycles. The molecule has 2 heterocycles. The molecule has 1 saturated carbocycles. The normalized spacial score (nSPS) is 17.4. The fraction of sp³-hybridized carbons (Fsp3) is 0.474. The van der Waals surface area contributed by atoms with E-state index in [0.717, 1.165) is 18.4 Å². The largest absolute Gasteiger partial charge is 0.338 e. The summed E-state index contributed by atoms with van der Waals surface area (Å²) in [5.41, 5.74) is 0.690. The lowest BCUT2D eigenvalue weighted by Gasteiger charge is -2.20. The molecule has 0 bridgehead atoms. The summed E-state index contributed by atoms with van der Waals surface area (Å²) >= 11 is 0. The maximum absolute atomic E-state index is 12.6. The van der Waals surface area contributed by atoms with Crippen LogP contribution in [0.2, 0.25) is 0 Å². The molecule has 5 amide bonds. The van der Waals surface area contributed by atoms with Crippen LogP contribution in [0, 0.1) is 0 Å². The second-order valence-electron chi connectivity index (χ2n) is 7.62. The van der Waals surface area contributed by atoms with Gasteiger partial charge in [0.25, 0.3) is 5.91 Å². The molecule has 0 unspecified atom stereocenters. The van der Waals surface area contributed by atoms with Crippen LogP contribution >= 0.6 is 0 Å². The Kier molecular flexibility index (Phi) is 5.34. The van der Waals surface area contributed by atoms with E-state index in [4.69, 9.17) is 0 Å². The zero-order chi connectivity index (χ0) is 21.1. The van der Waals surface area contributed by atoms with Crippen LogP contribution in [0.1, 0.15) is 32.1 Å². The molecule has 1 aliphatic carbocycles. The van der Waals surface area contributed by atoms with Crippen molar-refractivity contribution in [2.75, 3.05) is 18.4 Å². The summed E-state index contributed by atoms with van der Waals surface area (Å²) in [5.74, 6) is 0.456. The highest BCUT2D eigenvalue weighted by Gasteiger charge is 2.51. The molecule has 1 aliphatic heterocycles. The number of urea groups is 2. The van der Waals surface area contributed by atoms with Gasteiger partial charge in [0.2, 0.25) is 0 Å². The zero-order valence-corrected chi connectivity index (χ0v) is 16.7. The fourth-order valence-corrected chi connectivity index (χ4v) is 4.02. The fourth-order valence-electron chi connectivity index (χ4n) is 4.02. The van der Waals surface area contributed by atoms with Crippen LogP contribution in [-0.4, -0.2) is 61.7 Å². The Balaban J connectivity index is 1.25. The van der Waals surface area contributed by atoms with Gasteiger partial charge in [0.15, 0.2) is 5.82 Å². The minimum atomic E-state index is -0.689. The van der Waals surface area contributed by atoms with Crippen molar-refractivity contribution in [1.29, 1.82) is 0 Å². The van der Waals surface area contributed by atoms with Crippen molar-refractivity contribution >= 4 is 23.7 Å². The van der Waals surface area contributed by atoms with E-state index in [1.807, 2.05) is 6.07 Å². The van der Waals surface area contributed by atoms with Gasteiger partial charge in [-0.3, -0.25) is 9.69 Å². The van der Waals surface area contributed by atoms with Crippen LogP contribution in [-0.2, 0) is 11.8 Å². The molecule has 30 heavy (non-hydrogen) atoms. The summed E-state index contributed by atoms with van der Waals surface area (Å²) in [6.07, 6.45) is 3.80. The number of tetrazole rings is 1. The van der Waals surface area contributed by atoms with E-state index in [2.05, 4.69) is 31.5 Å². The number of aryl methyl sites for hydroxylation is 1. The second kappa shape index (κ2) is 8.09. The first-order valence-corrected chi connectivity index (χ1v) is 10.0. The van der Waals surface area contributed by atoms with Crippen LogP contribution in [0.4, 0.5) is 15.3 Å². The molecule has 4 rings (SSSR count). The number of carbonyl (C=O) groups excluding carboxylic acids is 3. The maximum atomic E-state index is 12.6. The highest BCUT2D eigenvalue weighted by molar-refractivity contribution is 6.07. The summed E-state index contributed by atoms with van der Waals surface area (Å²) in [4.78, 5) is 38.2. The van der Waals surface area contributed by atoms with Gasteiger partial charge in [-0.05, 0) is 41.8 Å². The van der Waals surface area contributed by atoms with Crippen LogP contribution < -0.4 is 16.0 Å². The van der Waals surface area contributed by atoms with Crippen molar-refractivity contribution in [3.05, 3.63) is 24.3 Å². The van der Waals surface area contributed by atoms with Gasteiger partial charge in [-0.1, -0.05) is 25.0 Å². The number of nitrogens with one attached hydrogen (secondary N) is 3. The van der Waals surface area contributed by atoms with Crippen LogP contribution in [0.15, 0.2) is 24.3 Å². The smallest absolute Gasteiger partial charge is 0.325 e. The summed E-state index contributed by atoms with van der Waals surface area (Å²) in [6.45, 7) is 0.615. The molecule has 3 N–H and O–H groups in total. The van der Waals surface area contributed by atoms with E-state index in [-0.39, 0.29) is 24.5 Å². The number of amides is 5. The van der Waals surface area contributed by atoms with Gasteiger partial charge in [0.1, 0.15) is 5.54 Å².